The maximum absolute atomic E-state index is 2.44. The van der Waals surface area contributed by atoms with Gasteiger partial charge in [0.1, 0.15) is 0 Å². The van der Waals surface area contributed by atoms with Gasteiger partial charge in [-0.15, -0.1) is 0 Å². The molecule has 0 aromatic heterocycles. The quantitative estimate of drug-likeness (QED) is 0.608. The zero-order valence-electron chi connectivity index (χ0n) is 10.0. The van der Waals surface area contributed by atoms with E-state index in [1.807, 2.05) is 0 Å². The number of rotatable bonds is 2. The molecule has 3 saturated carbocycles. The molecule has 0 heteroatoms. The van der Waals surface area contributed by atoms with E-state index in [1.54, 1.807) is 19.3 Å². The van der Waals surface area contributed by atoms with Gasteiger partial charge in [0, 0.05) is 0 Å². The molecule has 0 saturated heterocycles. The largest absolute Gasteiger partial charge is 0.0654 e. The third-order valence-electron chi connectivity index (χ3n) is 5.16. The van der Waals surface area contributed by atoms with Crippen LogP contribution in [0.2, 0.25) is 0 Å². The van der Waals surface area contributed by atoms with Crippen LogP contribution in [0, 0.1) is 22.2 Å². The van der Waals surface area contributed by atoms with Crippen LogP contribution in [-0.4, -0.2) is 0 Å². The molecule has 0 nitrogen and oxygen atoms in total. The zero-order valence-corrected chi connectivity index (χ0v) is 10.0. The Kier molecular flexibility index (Phi) is 1.58. The first kappa shape index (κ1) is 9.24. The smallest absolute Gasteiger partial charge is 0.0256 e. The van der Waals surface area contributed by atoms with E-state index in [4.69, 9.17) is 0 Å². The third-order valence-corrected chi connectivity index (χ3v) is 5.16. The van der Waals surface area contributed by atoms with Crippen molar-refractivity contribution in [2.45, 2.75) is 65.7 Å². The van der Waals surface area contributed by atoms with Crippen molar-refractivity contribution in [3.05, 3.63) is 0 Å². The average Bonchev–Trinajstić information content (AvgIpc) is 2.58. The van der Waals surface area contributed by atoms with Gasteiger partial charge in [-0.25, -0.2) is 0 Å². The van der Waals surface area contributed by atoms with Crippen LogP contribution in [0.15, 0.2) is 0 Å². The van der Waals surface area contributed by atoms with Crippen LogP contribution >= 0.6 is 0 Å². The summed E-state index contributed by atoms with van der Waals surface area (Å²) in [7, 11) is 0. The Bertz CT molecular complexity index is 245. The van der Waals surface area contributed by atoms with Crippen molar-refractivity contribution < 1.29 is 0 Å². The van der Waals surface area contributed by atoms with E-state index in [-0.39, 0.29) is 0 Å². The Labute approximate surface area is 88.5 Å². The molecule has 80 valence electrons. The molecule has 2 spiro atoms. The van der Waals surface area contributed by atoms with Gasteiger partial charge >= 0.3 is 0 Å². The summed E-state index contributed by atoms with van der Waals surface area (Å²) >= 11 is 0. The van der Waals surface area contributed by atoms with Crippen LogP contribution in [0.3, 0.4) is 0 Å². The summed E-state index contributed by atoms with van der Waals surface area (Å²) in [6.45, 7) is 7.23. The van der Waals surface area contributed by atoms with Crippen molar-refractivity contribution in [2.75, 3.05) is 0 Å². The molecular weight excluding hydrogens is 168 g/mol. The molecule has 0 amide bonds. The SMILES string of the molecule is CCCC1CC12CC1(CC(C)(C)C1)C2. The molecule has 3 aliphatic carbocycles. The van der Waals surface area contributed by atoms with Gasteiger partial charge in [0.05, 0.1) is 0 Å². The van der Waals surface area contributed by atoms with Gasteiger partial charge in [0.2, 0.25) is 0 Å². The minimum atomic E-state index is 0.691. The molecule has 3 rings (SSSR count). The highest BCUT2D eigenvalue weighted by Gasteiger charge is 2.70. The van der Waals surface area contributed by atoms with Crippen molar-refractivity contribution in [1.82, 2.24) is 0 Å². The second kappa shape index (κ2) is 2.39. The highest BCUT2D eigenvalue weighted by Crippen LogP contribution is 2.80. The van der Waals surface area contributed by atoms with Crippen LogP contribution in [0.25, 0.3) is 0 Å². The van der Waals surface area contributed by atoms with Crippen molar-refractivity contribution in [3.8, 4) is 0 Å². The van der Waals surface area contributed by atoms with Crippen LogP contribution in [0.4, 0.5) is 0 Å². The van der Waals surface area contributed by atoms with Crippen LogP contribution < -0.4 is 0 Å². The van der Waals surface area contributed by atoms with Crippen molar-refractivity contribution in [2.24, 2.45) is 22.2 Å². The maximum atomic E-state index is 2.44. The molecule has 0 aromatic carbocycles. The van der Waals surface area contributed by atoms with Gasteiger partial charge in [-0.3, -0.25) is 0 Å². The highest BCUT2D eigenvalue weighted by atomic mass is 14.7. The molecule has 0 radical (unpaired) electrons. The van der Waals surface area contributed by atoms with E-state index in [0.29, 0.717) is 5.41 Å². The minimum Gasteiger partial charge on any atom is -0.0654 e. The average molecular weight is 192 g/mol. The molecule has 0 N–H and O–H groups in total. The third kappa shape index (κ3) is 1.12. The summed E-state index contributed by atoms with van der Waals surface area (Å²) < 4.78 is 0. The summed E-state index contributed by atoms with van der Waals surface area (Å²) in [5.74, 6) is 1.14. The van der Waals surface area contributed by atoms with Crippen molar-refractivity contribution in [1.29, 1.82) is 0 Å². The second-order valence-electron chi connectivity index (χ2n) is 7.42. The second-order valence-corrected chi connectivity index (χ2v) is 7.42. The number of hydrogen-bond acceptors (Lipinski definition) is 0. The lowest BCUT2D eigenvalue weighted by Crippen LogP contribution is -2.52. The summed E-state index contributed by atoms with van der Waals surface area (Å²) in [5.41, 5.74) is 2.44. The predicted molar refractivity (Wildman–Crippen MR) is 60.1 cm³/mol. The van der Waals surface area contributed by atoms with Crippen LogP contribution in [0.5, 0.6) is 0 Å². The fourth-order valence-corrected chi connectivity index (χ4v) is 5.29. The summed E-state index contributed by atoms with van der Waals surface area (Å²) in [4.78, 5) is 0. The molecule has 1 atom stereocenters. The van der Waals surface area contributed by atoms with Crippen molar-refractivity contribution >= 4 is 0 Å². The normalized spacial score (nSPS) is 39.2. The fourth-order valence-electron chi connectivity index (χ4n) is 5.29. The molecule has 1 unspecified atom stereocenters. The lowest BCUT2D eigenvalue weighted by atomic mass is 9.42. The highest BCUT2D eigenvalue weighted by molar-refractivity contribution is 5.20. The molecule has 3 aliphatic rings. The topological polar surface area (TPSA) is 0 Å². The Morgan fingerprint density at radius 3 is 2.21 bits per heavy atom. The summed E-state index contributed by atoms with van der Waals surface area (Å²) in [5, 5.41) is 0. The van der Waals surface area contributed by atoms with Gasteiger partial charge in [-0.2, -0.15) is 0 Å². The standard InChI is InChI=1S/C14H24/c1-4-5-11-6-14(11)9-13(10-14)7-12(2,3)8-13/h11H,4-10H2,1-3H3. The van der Waals surface area contributed by atoms with Gasteiger partial charge in [0.15, 0.2) is 0 Å². The first-order chi connectivity index (χ1) is 6.49. The van der Waals surface area contributed by atoms with Gasteiger partial charge in [-0.05, 0) is 54.3 Å². The van der Waals surface area contributed by atoms with Gasteiger partial charge < -0.3 is 0 Å². The number of hydrogen-bond donors (Lipinski definition) is 0. The van der Waals surface area contributed by atoms with E-state index >= 15 is 0 Å². The fraction of sp³-hybridized carbons (Fsp3) is 1.00. The monoisotopic (exact) mass is 192 g/mol. The molecule has 3 fully saturated rings. The molecule has 0 aliphatic heterocycles. The zero-order chi connectivity index (χ0) is 10.0. The molecule has 0 heterocycles. The lowest BCUT2D eigenvalue weighted by Gasteiger charge is -2.63. The van der Waals surface area contributed by atoms with Gasteiger partial charge in [-0.1, -0.05) is 33.6 Å². The van der Waals surface area contributed by atoms with Crippen molar-refractivity contribution in [3.63, 3.8) is 0 Å². The first-order valence-corrected chi connectivity index (χ1v) is 6.49. The van der Waals surface area contributed by atoms with E-state index in [9.17, 15) is 0 Å². The van der Waals surface area contributed by atoms with Crippen LogP contribution in [-0.2, 0) is 0 Å². The van der Waals surface area contributed by atoms with Crippen LogP contribution in [0.1, 0.15) is 65.7 Å². The molecule has 14 heavy (non-hydrogen) atoms. The van der Waals surface area contributed by atoms with E-state index in [0.717, 1.165) is 16.7 Å². The summed E-state index contributed by atoms with van der Waals surface area (Å²) in [6, 6.07) is 0. The molecule has 0 bridgehead atoms. The summed E-state index contributed by atoms with van der Waals surface area (Å²) in [6.07, 6.45) is 10.8. The Balaban J connectivity index is 1.54. The first-order valence-electron chi connectivity index (χ1n) is 6.49. The van der Waals surface area contributed by atoms with E-state index in [1.165, 1.54) is 25.7 Å². The molecular formula is C14H24. The van der Waals surface area contributed by atoms with E-state index in [2.05, 4.69) is 20.8 Å². The van der Waals surface area contributed by atoms with Gasteiger partial charge in [0.25, 0.3) is 0 Å². The minimum absolute atomic E-state index is 0.691. The molecule has 0 aromatic rings. The predicted octanol–water partition coefficient (Wildman–Crippen LogP) is 4.39. The lowest BCUT2D eigenvalue weighted by molar-refractivity contribution is -0.125. The Morgan fingerprint density at radius 1 is 1.07 bits per heavy atom. The van der Waals surface area contributed by atoms with E-state index < -0.39 is 0 Å². The Hall–Kier alpha value is 0. The Morgan fingerprint density at radius 2 is 1.71 bits per heavy atom. The maximum Gasteiger partial charge on any atom is -0.0256 e.